The predicted octanol–water partition coefficient (Wildman–Crippen LogP) is 7.29. The zero-order valence-electron chi connectivity index (χ0n) is 26.6. The van der Waals surface area contributed by atoms with Crippen LogP contribution >= 0.6 is 0 Å². The van der Waals surface area contributed by atoms with Crippen LogP contribution in [0.5, 0.6) is 11.5 Å². The van der Waals surface area contributed by atoms with Gasteiger partial charge >= 0.3 is 6.09 Å². The largest absolute Gasteiger partial charge is 0.457 e. The molecule has 3 aliphatic rings. The Kier molecular flexibility index (Phi) is 7.68. The monoisotopic (exact) mass is 608 g/mol. The highest BCUT2D eigenvalue weighted by Crippen LogP contribution is 2.44. The van der Waals surface area contributed by atoms with Crippen LogP contribution in [0.1, 0.15) is 65.3 Å². The summed E-state index contributed by atoms with van der Waals surface area (Å²) >= 11 is 0. The number of fused-ring (bicyclic) bond motifs is 1. The Balaban J connectivity index is 1.02. The second-order valence-corrected chi connectivity index (χ2v) is 14.2. The molecule has 4 aromatic rings. The van der Waals surface area contributed by atoms with Crippen molar-refractivity contribution in [2.75, 3.05) is 31.9 Å². The number of benzene rings is 2. The van der Waals surface area contributed by atoms with Crippen molar-refractivity contribution < 1.29 is 14.3 Å². The van der Waals surface area contributed by atoms with Crippen LogP contribution in [0.2, 0.25) is 0 Å². The number of nitrogen functional groups attached to an aromatic ring is 1. The first kappa shape index (κ1) is 29.6. The number of ether oxygens (including phenoxy) is 2. The normalized spacial score (nSPS) is 24.0. The fourth-order valence-electron chi connectivity index (χ4n) is 7.67. The number of aromatic nitrogens is 3. The molecule has 9 nitrogen and oxygen atoms in total. The summed E-state index contributed by atoms with van der Waals surface area (Å²) in [5.41, 5.74) is 9.22. The number of nitrogens with zero attached hydrogens (tertiary/aromatic N) is 5. The molecule has 1 amide bonds. The van der Waals surface area contributed by atoms with Crippen molar-refractivity contribution in [2.24, 2.45) is 5.41 Å². The van der Waals surface area contributed by atoms with Crippen molar-refractivity contribution in [2.45, 2.75) is 77.0 Å². The fourth-order valence-corrected chi connectivity index (χ4v) is 7.67. The Morgan fingerprint density at radius 2 is 1.58 bits per heavy atom. The molecular weight excluding hydrogens is 564 g/mol. The lowest BCUT2D eigenvalue weighted by Gasteiger charge is -2.36. The first-order chi connectivity index (χ1) is 21.7. The minimum Gasteiger partial charge on any atom is -0.457 e. The minimum atomic E-state index is -0.459. The summed E-state index contributed by atoms with van der Waals surface area (Å²) in [6.07, 6.45) is 10.3. The number of likely N-dealkylation sites (tertiary alicyclic amines) is 2. The SMILES string of the molecule is CC(C)(C)OC(=O)N1CCC2(CCN(C3CCC(n4cc(-c5ccc(Oc6ccccc6)cc5)c5c(N)ncnc54)CC3)C2)C1. The number of anilines is 1. The lowest BCUT2D eigenvalue weighted by atomic mass is 9.86. The van der Waals surface area contributed by atoms with Crippen LogP contribution in [0.25, 0.3) is 22.2 Å². The number of carbonyl (C=O) groups excluding carboxylic acids is 1. The quantitative estimate of drug-likeness (QED) is 0.254. The van der Waals surface area contributed by atoms with Crippen LogP contribution in [-0.2, 0) is 4.74 Å². The van der Waals surface area contributed by atoms with E-state index in [1.54, 1.807) is 6.33 Å². The summed E-state index contributed by atoms with van der Waals surface area (Å²) in [5, 5.41) is 0.911. The smallest absolute Gasteiger partial charge is 0.410 e. The van der Waals surface area contributed by atoms with Gasteiger partial charge in [0.05, 0.1) is 5.39 Å². The molecule has 7 rings (SSSR count). The van der Waals surface area contributed by atoms with Crippen LogP contribution in [0.15, 0.2) is 67.1 Å². The summed E-state index contributed by atoms with van der Waals surface area (Å²) < 4.78 is 14.0. The highest BCUT2D eigenvalue weighted by molar-refractivity contribution is 6.00. The zero-order chi connectivity index (χ0) is 31.2. The van der Waals surface area contributed by atoms with Crippen LogP contribution < -0.4 is 10.5 Å². The van der Waals surface area contributed by atoms with Crippen molar-refractivity contribution >= 4 is 22.9 Å². The second-order valence-electron chi connectivity index (χ2n) is 14.2. The van der Waals surface area contributed by atoms with E-state index in [1.165, 1.54) is 0 Å². The number of para-hydroxylation sites is 1. The van der Waals surface area contributed by atoms with Gasteiger partial charge in [0.1, 0.15) is 34.9 Å². The Labute approximate surface area is 265 Å². The first-order valence-electron chi connectivity index (χ1n) is 16.3. The number of amides is 1. The van der Waals surface area contributed by atoms with Crippen molar-refractivity contribution in [3.63, 3.8) is 0 Å². The van der Waals surface area contributed by atoms with E-state index in [-0.39, 0.29) is 11.5 Å². The van der Waals surface area contributed by atoms with E-state index in [0.717, 1.165) is 98.4 Å². The third-order valence-electron chi connectivity index (χ3n) is 9.92. The summed E-state index contributed by atoms with van der Waals surface area (Å²) in [7, 11) is 0. The predicted molar refractivity (Wildman–Crippen MR) is 176 cm³/mol. The molecule has 9 heteroatoms. The maximum atomic E-state index is 12.7. The van der Waals surface area contributed by atoms with Gasteiger partial charge in [-0.1, -0.05) is 30.3 Å². The molecule has 3 fully saturated rings. The van der Waals surface area contributed by atoms with Gasteiger partial charge in [0.25, 0.3) is 0 Å². The van der Waals surface area contributed by atoms with Gasteiger partial charge < -0.3 is 24.7 Å². The molecule has 1 unspecified atom stereocenters. The van der Waals surface area contributed by atoms with Crippen LogP contribution in [0.3, 0.4) is 0 Å². The van der Waals surface area contributed by atoms with E-state index >= 15 is 0 Å². The third kappa shape index (κ3) is 6.10. The van der Waals surface area contributed by atoms with Gasteiger partial charge in [0.2, 0.25) is 0 Å². The van der Waals surface area contributed by atoms with Crippen molar-refractivity contribution in [1.82, 2.24) is 24.3 Å². The van der Waals surface area contributed by atoms with Gasteiger partial charge in [-0.3, -0.25) is 4.90 Å². The number of carbonyl (C=O) groups is 1. The molecule has 1 spiro atoms. The van der Waals surface area contributed by atoms with Crippen LogP contribution in [0.4, 0.5) is 10.6 Å². The van der Waals surface area contributed by atoms with E-state index in [4.69, 9.17) is 20.2 Å². The molecule has 45 heavy (non-hydrogen) atoms. The molecule has 2 aromatic carbocycles. The molecular formula is C36H44N6O3. The Bertz CT molecular complexity index is 1660. The van der Waals surface area contributed by atoms with Crippen molar-refractivity contribution in [3.8, 4) is 22.6 Å². The molecule has 2 saturated heterocycles. The minimum absolute atomic E-state index is 0.169. The average Bonchev–Trinajstić information content (AvgIpc) is 3.76. The van der Waals surface area contributed by atoms with E-state index in [9.17, 15) is 4.79 Å². The highest BCUT2D eigenvalue weighted by Gasteiger charge is 2.47. The summed E-state index contributed by atoms with van der Waals surface area (Å²) in [6.45, 7) is 9.60. The van der Waals surface area contributed by atoms with Gasteiger partial charge in [-0.2, -0.15) is 0 Å². The van der Waals surface area contributed by atoms with Gasteiger partial charge in [0, 0.05) is 48.9 Å². The molecule has 2 aliphatic heterocycles. The zero-order valence-corrected chi connectivity index (χ0v) is 26.6. The average molecular weight is 609 g/mol. The number of nitrogens with two attached hydrogens (primary N) is 1. The summed E-state index contributed by atoms with van der Waals surface area (Å²) in [4.78, 5) is 26.4. The van der Waals surface area contributed by atoms with E-state index < -0.39 is 5.60 Å². The van der Waals surface area contributed by atoms with Gasteiger partial charge in [0.15, 0.2) is 0 Å². The summed E-state index contributed by atoms with van der Waals surface area (Å²) in [5.74, 6) is 2.10. The summed E-state index contributed by atoms with van der Waals surface area (Å²) in [6, 6.07) is 18.9. The number of hydrogen-bond donors (Lipinski definition) is 1. The molecule has 0 bridgehead atoms. The van der Waals surface area contributed by atoms with Gasteiger partial charge in [-0.05, 0) is 95.7 Å². The number of rotatable bonds is 5. The Hall–Kier alpha value is -4.11. The second kappa shape index (κ2) is 11.7. The fraction of sp³-hybridized carbons (Fsp3) is 0.472. The Morgan fingerprint density at radius 3 is 2.31 bits per heavy atom. The number of hydrogen-bond acceptors (Lipinski definition) is 7. The molecule has 4 heterocycles. The van der Waals surface area contributed by atoms with E-state index in [2.05, 4.69) is 32.8 Å². The maximum Gasteiger partial charge on any atom is 0.410 e. The standard InChI is InChI=1S/C36H44N6O3/c1-35(2,3)45-34(43)41-20-18-36(23-41)17-19-40(22-36)26-11-13-27(14-12-26)42-21-30(31-32(37)38-24-39-33(31)42)25-9-15-29(16-10-25)44-28-7-5-4-6-8-28/h4-10,15-16,21,24,26-27H,11-14,17-20,22-23H2,1-3H3,(H2,37,38,39). The highest BCUT2D eigenvalue weighted by atomic mass is 16.6. The lowest BCUT2D eigenvalue weighted by molar-refractivity contribution is 0.0272. The van der Waals surface area contributed by atoms with Gasteiger partial charge in [-0.15, -0.1) is 0 Å². The molecule has 236 valence electrons. The molecule has 0 radical (unpaired) electrons. The van der Waals surface area contributed by atoms with Gasteiger partial charge in [-0.25, -0.2) is 14.8 Å². The van der Waals surface area contributed by atoms with Crippen LogP contribution in [-0.4, -0.2) is 68.3 Å². The van der Waals surface area contributed by atoms with Crippen LogP contribution in [0, 0.1) is 5.41 Å². The molecule has 1 aliphatic carbocycles. The maximum absolute atomic E-state index is 12.7. The molecule has 1 atom stereocenters. The van der Waals surface area contributed by atoms with Crippen molar-refractivity contribution in [1.29, 1.82) is 0 Å². The lowest BCUT2D eigenvalue weighted by Crippen LogP contribution is -2.40. The van der Waals surface area contributed by atoms with Crippen molar-refractivity contribution in [3.05, 3.63) is 67.1 Å². The Morgan fingerprint density at radius 1 is 0.889 bits per heavy atom. The molecule has 1 saturated carbocycles. The molecule has 2 N–H and O–H groups in total. The van der Waals surface area contributed by atoms with E-state index in [1.807, 2.05) is 68.1 Å². The topological polar surface area (TPSA) is 98.7 Å². The third-order valence-corrected chi connectivity index (χ3v) is 9.92. The molecule has 2 aromatic heterocycles. The van der Waals surface area contributed by atoms with E-state index in [0.29, 0.717) is 17.9 Å². The first-order valence-corrected chi connectivity index (χ1v) is 16.3.